The molecule has 0 saturated carbocycles. The molecule has 0 aliphatic heterocycles. The zero-order chi connectivity index (χ0) is 12.7. The van der Waals surface area contributed by atoms with Gasteiger partial charge in [0.05, 0.1) is 24.6 Å². The minimum absolute atomic E-state index is 0.275. The zero-order valence-corrected chi connectivity index (χ0v) is 9.52. The summed E-state index contributed by atoms with van der Waals surface area (Å²) >= 11 is 0. The van der Waals surface area contributed by atoms with E-state index in [0.29, 0.717) is 30.2 Å². The van der Waals surface area contributed by atoms with Gasteiger partial charge < -0.3 is 20.9 Å². The molecule has 0 aliphatic rings. The molecule has 0 saturated heterocycles. The Morgan fingerprint density at radius 2 is 1.94 bits per heavy atom. The molecule has 0 spiro atoms. The Bertz CT molecular complexity index is 384. The lowest BCUT2D eigenvalue weighted by molar-refractivity contribution is -0.137. The first-order valence-electron chi connectivity index (χ1n) is 5.21. The normalized spacial score (nSPS) is 9.65. The van der Waals surface area contributed by atoms with Crippen LogP contribution in [0.1, 0.15) is 6.42 Å². The van der Waals surface area contributed by atoms with Gasteiger partial charge in [0.15, 0.2) is 5.75 Å². The maximum Gasteiger partial charge on any atom is 0.330 e. The van der Waals surface area contributed by atoms with Gasteiger partial charge in [0, 0.05) is 12.5 Å². The highest BCUT2D eigenvalue weighted by molar-refractivity contribution is 5.81. The van der Waals surface area contributed by atoms with Crippen LogP contribution >= 0.6 is 0 Å². The number of anilines is 2. The Hall–Kier alpha value is -2.17. The molecular weight excluding hydrogens is 220 g/mol. The minimum atomic E-state index is -0.441. The molecule has 5 nitrogen and oxygen atoms in total. The predicted molar refractivity (Wildman–Crippen MR) is 66.5 cm³/mol. The van der Waals surface area contributed by atoms with E-state index in [1.807, 2.05) is 0 Å². The number of ether oxygens (including phenoxy) is 2. The van der Waals surface area contributed by atoms with Gasteiger partial charge in [-0.3, -0.25) is 0 Å². The van der Waals surface area contributed by atoms with Crippen molar-refractivity contribution in [2.45, 2.75) is 6.42 Å². The van der Waals surface area contributed by atoms with Crippen LogP contribution in [-0.2, 0) is 9.53 Å². The van der Waals surface area contributed by atoms with Crippen molar-refractivity contribution in [3.8, 4) is 5.75 Å². The van der Waals surface area contributed by atoms with Gasteiger partial charge in [-0.15, -0.1) is 0 Å². The standard InChI is InChI=1S/C12H16N2O3/c1-2-11(15)16-7-4-8-17-12-9(13)5-3-6-10(12)14/h2-3,5-6H,1,4,7-8,13-14H2. The van der Waals surface area contributed by atoms with Gasteiger partial charge >= 0.3 is 5.97 Å². The molecule has 1 rings (SSSR count). The third-order valence-electron chi connectivity index (χ3n) is 2.02. The number of carbonyl (C=O) groups is 1. The highest BCUT2D eigenvalue weighted by Gasteiger charge is 2.04. The van der Waals surface area contributed by atoms with Gasteiger partial charge in [-0.2, -0.15) is 0 Å². The molecule has 92 valence electrons. The molecule has 0 aliphatic carbocycles. The van der Waals surface area contributed by atoms with Crippen LogP contribution in [0.2, 0.25) is 0 Å². The molecule has 5 heteroatoms. The predicted octanol–water partition coefficient (Wildman–Crippen LogP) is 1.35. The number of nitrogens with two attached hydrogens (primary N) is 2. The van der Waals surface area contributed by atoms with E-state index in [0.717, 1.165) is 6.08 Å². The summed E-state index contributed by atoms with van der Waals surface area (Å²) in [5.41, 5.74) is 12.4. The van der Waals surface area contributed by atoms with Gasteiger partial charge in [-0.1, -0.05) is 12.6 Å². The molecule has 0 amide bonds. The van der Waals surface area contributed by atoms with Crippen molar-refractivity contribution in [1.82, 2.24) is 0 Å². The molecule has 0 heterocycles. The summed E-state index contributed by atoms with van der Waals surface area (Å²) in [5, 5.41) is 0. The van der Waals surface area contributed by atoms with Crippen LogP contribution in [0.3, 0.4) is 0 Å². The number of nitrogen functional groups attached to an aromatic ring is 2. The molecule has 1 aromatic carbocycles. The summed E-state index contributed by atoms with van der Waals surface area (Å²) in [5.74, 6) is 0.0336. The van der Waals surface area contributed by atoms with Crippen LogP contribution in [0, 0.1) is 0 Å². The van der Waals surface area contributed by atoms with E-state index in [9.17, 15) is 4.79 Å². The first kappa shape index (κ1) is 12.9. The number of carbonyl (C=O) groups excluding carboxylic acids is 1. The van der Waals surface area contributed by atoms with Crippen LogP contribution in [-0.4, -0.2) is 19.2 Å². The first-order chi connectivity index (χ1) is 8.15. The molecule has 4 N–H and O–H groups in total. The molecule has 0 atom stereocenters. The maximum atomic E-state index is 10.7. The molecule has 0 radical (unpaired) electrons. The molecule has 0 fully saturated rings. The summed E-state index contributed by atoms with van der Waals surface area (Å²) < 4.78 is 10.2. The Balaban J connectivity index is 2.31. The summed E-state index contributed by atoms with van der Waals surface area (Å²) in [6.07, 6.45) is 1.68. The molecule has 0 aromatic heterocycles. The smallest absolute Gasteiger partial charge is 0.330 e. The van der Waals surface area contributed by atoms with E-state index < -0.39 is 5.97 Å². The van der Waals surface area contributed by atoms with Crippen molar-refractivity contribution in [3.63, 3.8) is 0 Å². The second kappa shape index (κ2) is 6.42. The number of hydrogen-bond donors (Lipinski definition) is 2. The van der Waals surface area contributed by atoms with Crippen molar-refractivity contribution in [2.24, 2.45) is 0 Å². The van der Waals surface area contributed by atoms with Crippen molar-refractivity contribution < 1.29 is 14.3 Å². The van der Waals surface area contributed by atoms with E-state index in [1.165, 1.54) is 0 Å². The highest BCUT2D eigenvalue weighted by Crippen LogP contribution is 2.28. The quantitative estimate of drug-likeness (QED) is 0.337. The summed E-state index contributed by atoms with van der Waals surface area (Å²) in [7, 11) is 0. The SMILES string of the molecule is C=CC(=O)OCCCOc1c(N)cccc1N. The average molecular weight is 236 g/mol. The molecular formula is C12H16N2O3. The third-order valence-corrected chi connectivity index (χ3v) is 2.02. The van der Waals surface area contributed by atoms with Gasteiger partial charge in [-0.25, -0.2) is 4.79 Å². The molecule has 0 unspecified atom stereocenters. The van der Waals surface area contributed by atoms with Gasteiger partial charge in [-0.05, 0) is 12.1 Å². The molecule has 17 heavy (non-hydrogen) atoms. The van der Waals surface area contributed by atoms with Crippen LogP contribution in [0.5, 0.6) is 5.75 Å². The fourth-order valence-corrected chi connectivity index (χ4v) is 1.20. The fourth-order valence-electron chi connectivity index (χ4n) is 1.20. The maximum absolute atomic E-state index is 10.7. The van der Waals surface area contributed by atoms with Crippen LogP contribution in [0.15, 0.2) is 30.9 Å². The Labute approximate surface area is 100.0 Å². The second-order valence-corrected chi connectivity index (χ2v) is 3.34. The van der Waals surface area contributed by atoms with Crippen molar-refractivity contribution >= 4 is 17.3 Å². The van der Waals surface area contributed by atoms with Crippen LogP contribution in [0.25, 0.3) is 0 Å². The molecule has 0 bridgehead atoms. The summed E-state index contributed by atoms with van der Waals surface area (Å²) in [6.45, 7) is 3.94. The fraction of sp³-hybridized carbons (Fsp3) is 0.250. The summed E-state index contributed by atoms with van der Waals surface area (Å²) in [4.78, 5) is 10.7. The van der Waals surface area contributed by atoms with E-state index in [2.05, 4.69) is 6.58 Å². The van der Waals surface area contributed by atoms with Gasteiger partial charge in [0.2, 0.25) is 0 Å². The Kier molecular flexibility index (Phi) is 4.87. The first-order valence-corrected chi connectivity index (χ1v) is 5.21. The van der Waals surface area contributed by atoms with E-state index >= 15 is 0 Å². The van der Waals surface area contributed by atoms with Gasteiger partial charge in [0.25, 0.3) is 0 Å². The zero-order valence-electron chi connectivity index (χ0n) is 9.52. The van der Waals surface area contributed by atoms with Crippen LogP contribution in [0.4, 0.5) is 11.4 Å². The van der Waals surface area contributed by atoms with E-state index in [1.54, 1.807) is 18.2 Å². The van der Waals surface area contributed by atoms with Crippen LogP contribution < -0.4 is 16.2 Å². The highest BCUT2D eigenvalue weighted by atomic mass is 16.5. The Morgan fingerprint density at radius 1 is 1.29 bits per heavy atom. The monoisotopic (exact) mass is 236 g/mol. The lowest BCUT2D eigenvalue weighted by Gasteiger charge is -2.10. The third kappa shape index (κ3) is 4.06. The summed E-state index contributed by atoms with van der Waals surface area (Å²) in [6, 6.07) is 5.18. The minimum Gasteiger partial charge on any atom is -0.489 e. The topological polar surface area (TPSA) is 87.6 Å². The second-order valence-electron chi connectivity index (χ2n) is 3.34. The number of benzene rings is 1. The van der Waals surface area contributed by atoms with Crippen molar-refractivity contribution in [1.29, 1.82) is 0 Å². The van der Waals surface area contributed by atoms with Gasteiger partial charge in [0.1, 0.15) is 0 Å². The molecule has 1 aromatic rings. The number of para-hydroxylation sites is 1. The largest absolute Gasteiger partial charge is 0.489 e. The van der Waals surface area contributed by atoms with E-state index in [-0.39, 0.29) is 6.61 Å². The lowest BCUT2D eigenvalue weighted by Crippen LogP contribution is -2.08. The number of rotatable bonds is 6. The van der Waals surface area contributed by atoms with E-state index in [4.69, 9.17) is 20.9 Å². The number of hydrogen-bond acceptors (Lipinski definition) is 5. The average Bonchev–Trinajstić information content (AvgIpc) is 2.31. The van der Waals surface area contributed by atoms with Crippen molar-refractivity contribution in [2.75, 3.05) is 24.7 Å². The number of esters is 1. The van der Waals surface area contributed by atoms with Crippen molar-refractivity contribution in [3.05, 3.63) is 30.9 Å². The Morgan fingerprint density at radius 3 is 2.53 bits per heavy atom. The lowest BCUT2D eigenvalue weighted by atomic mass is 10.2.